The molecule has 0 radical (unpaired) electrons. The first-order valence-corrected chi connectivity index (χ1v) is 6.41. The van der Waals surface area contributed by atoms with E-state index in [2.05, 4.69) is 11.4 Å². The van der Waals surface area contributed by atoms with Crippen molar-refractivity contribution in [1.82, 2.24) is 5.32 Å². The molecular weight excluding hydrogens is 253 g/mol. The minimum Gasteiger partial charge on any atom is -0.383 e. The summed E-state index contributed by atoms with van der Waals surface area (Å²) in [7, 11) is 1.68. The monoisotopic (exact) mass is 271 g/mol. The third-order valence-electron chi connectivity index (χ3n) is 2.51. The van der Waals surface area contributed by atoms with Gasteiger partial charge in [-0.3, -0.25) is 0 Å². The molecule has 0 aliphatic heterocycles. The molecule has 0 aliphatic carbocycles. The average Bonchev–Trinajstić information content (AvgIpc) is 2.37. The number of benzene rings is 1. The van der Waals surface area contributed by atoms with Crippen LogP contribution in [0.15, 0.2) is 30.4 Å². The molecule has 0 saturated carbocycles. The van der Waals surface area contributed by atoms with Crippen molar-refractivity contribution in [2.45, 2.75) is 12.8 Å². The summed E-state index contributed by atoms with van der Waals surface area (Å²) < 4.78 is 18.1. The van der Waals surface area contributed by atoms with E-state index in [0.29, 0.717) is 6.42 Å². The molecule has 2 nitrogen and oxygen atoms in total. The molecule has 0 amide bonds. The van der Waals surface area contributed by atoms with Gasteiger partial charge in [-0.05, 0) is 31.0 Å². The largest absolute Gasteiger partial charge is 0.383 e. The molecule has 1 rings (SSSR count). The normalized spacial score (nSPS) is 11.3. The van der Waals surface area contributed by atoms with Crippen LogP contribution >= 0.6 is 11.6 Å². The number of halogens is 2. The van der Waals surface area contributed by atoms with Gasteiger partial charge in [0.05, 0.1) is 11.6 Å². The van der Waals surface area contributed by atoms with Crippen molar-refractivity contribution in [3.63, 3.8) is 0 Å². The topological polar surface area (TPSA) is 21.3 Å². The number of nitrogens with one attached hydrogen (secondary N) is 1. The highest BCUT2D eigenvalue weighted by molar-refractivity contribution is 6.31. The van der Waals surface area contributed by atoms with E-state index in [1.807, 2.05) is 12.1 Å². The van der Waals surface area contributed by atoms with Gasteiger partial charge in [0.1, 0.15) is 5.82 Å². The van der Waals surface area contributed by atoms with Gasteiger partial charge in [-0.15, -0.1) is 0 Å². The maximum atomic E-state index is 13.1. The Hall–Kier alpha value is -0.900. The predicted molar refractivity (Wildman–Crippen MR) is 73.6 cm³/mol. The van der Waals surface area contributed by atoms with Crippen molar-refractivity contribution in [1.29, 1.82) is 0 Å². The Bertz CT molecular complexity index is 382. The predicted octanol–water partition coefficient (Wildman–Crippen LogP) is 3.20. The number of hydrogen-bond donors (Lipinski definition) is 1. The average molecular weight is 272 g/mol. The Labute approximate surface area is 113 Å². The van der Waals surface area contributed by atoms with Crippen molar-refractivity contribution in [2.24, 2.45) is 0 Å². The van der Waals surface area contributed by atoms with Crippen molar-refractivity contribution in [3.8, 4) is 0 Å². The molecule has 100 valence electrons. The van der Waals surface area contributed by atoms with Gasteiger partial charge in [-0.1, -0.05) is 35.9 Å². The first kappa shape index (κ1) is 15.2. The zero-order valence-corrected chi connectivity index (χ0v) is 11.3. The maximum absolute atomic E-state index is 13.1. The third kappa shape index (κ3) is 5.63. The van der Waals surface area contributed by atoms with Crippen LogP contribution in [0.1, 0.15) is 12.0 Å². The Balaban J connectivity index is 2.22. The Morgan fingerprint density at radius 1 is 1.33 bits per heavy atom. The first-order chi connectivity index (χ1) is 8.75. The highest BCUT2D eigenvalue weighted by atomic mass is 35.5. The van der Waals surface area contributed by atoms with Crippen LogP contribution in [0.25, 0.3) is 0 Å². The lowest BCUT2D eigenvalue weighted by Gasteiger charge is -2.02. The van der Waals surface area contributed by atoms with Crippen LogP contribution < -0.4 is 5.32 Å². The summed E-state index contributed by atoms with van der Waals surface area (Å²) in [6.07, 6.45) is 5.69. The Morgan fingerprint density at radius 2 is 2.17 bits per heavy atom. The third-order valence-corrected chi connectivity index (χ3v) is 2.93. The Morgan fingerprint density at radius 3 is 2.94 bits per heavy atom. The quantitative estimate of drug-likeness (QED) is 0.579. The summed E-state index contributed by atoms with van der Waals surface area (Å²) in [4.78, 5) is 0. The van der Waals surface area contributed by atoms with Crippen LogP contribution in [0, 0.1) is 5.82 Å². The van der Waals surface area contributed by atoms with Crippen molar-refractivity contribution >= 4 is 11.6 Å². The Kier molecular flexibility index (Phi) is 7.65. The lowest BCUT2D eigenvalue weighted by Crippen LogP contribution is -2.19. The highest BCUT2D eigenvalue weighted by Crippen LogP contribution is 2.20. The zero-order chi connectivity index (χ0) is 13.2. The van der Waals surface area contributed by atoms with E-state index in [1.54, 1.807) is 13.2 Å². The molecule has 0 atom stereocenters. The first-order valence-electron chi connectivity index (χ1n) is 6.03. The van der Waals surface area contributed by atoms with Crippen molar-refractivity contribution in [2.75, 3.05) is 26.8 Å². The van der Waals surface area contributed by atoms with Crippen LogP contribution in [-0.4, -0.2) is 26.8 Å². The maximum Gasteiger partial charge on any atom is 0.142 e. The molecule has 0 aromatic heterocycles. The van der Waals surface area contributed by atoms with Gasteiger partial charge in [0, 0.05) is 13.7 Å². The fourth-order valence-corrected chi connectivity index (χ4v) is 1.72. The molecular formula is C14H19ClFNO. The fraction of sp³-hybridized carbons (Fsp3) is 0.429. The minimum absolute atomic E-state index is 0.223. The van der Waals surface area contributed by atoms with E-state index in [-0.39, 0.29) is 10.8 Å². The van der Waals surface area contributed by atoms with Crippen LogP contribution in [0.3, 0.4) is 0 Å². The van der Waals surface area contributed by atoms with Crippen molar-refractivity contribution < 1.29 is 9.13 Å². The van der Waals surface area contributed by atoms with Crippen LogP contribution in [0.5, 0.6) is 0 Å². The second-order valence-electron chi connectivity index (χ2n) is 3.92. The lowest BCUT2D eigenvalue weighted by atomic mass is 10.1. The highest BCUT2D eigenvalue weighted by Gasteiger charge is 2.02. The van der Waals surface area contributed by atoms with E-state index in [4.69, 9.17) is 16.3 Å². The minimum atomic E-state index is -0.358. The summed E-state index contributed by atoms with van der Waals surface area (Å²) in [5.74, 6) is -0.358. The molecule has 1 N–H and O–H groups in total. The van der Waals surface area contributed by atoms with Gasteiger partial charge in [0.2, 0.25) is 0 Å². The van der Waals surface area contributed by atoms with Gasteiger partial charge in [0.25, 0.3) is 0 Å². The van der Waals surface area contributed by atoms with Gasteiger partial charge in [-0.2, -0.15) is 0 Å². The van der Waals surface area contributed by atoms with E-state index in [0.717, 1.165) is 31.7 Å². The number of ether oxygens (including phenoxy) is 1. The van der Waals surface area contributed by atoms with Crippen LogP contribution in [0.2, 0.25) is 5.02 Å². The summed E-state index contributed by atoms with van der Waals surface area (Å²) >= 11 is 5.86. The fourth-order valence-electron chi connectivity index (χ4n) is 1.52. The molecule has 0 fully saturated rings. The van der Waals surface area contributed by atoms with Gasteiger partial charge < -0.3 is 10.1 Å². The molecule has 1 aromatic carbocycles. The lowest BCUT2D eigenvalue weighted by molar-refractivity contribution is 0.199. The summed E-state index contributed by atoms with van der Waals surface area (Å²) in [5.41, 5.74) is 0.820. The number of methoxy groups -OCH3 is 1. The molecule has 4 heteroatoms. The molecule has 0 heterocycles. The zero-order valence-electron chi connectivity index (χ0n) is 10.6. The number of allylic oxidation sites excluding steroid dienone is 1. The molecule has 0 unspecified atom stereocenters. The van der Waals surface area contributed by atoms with Gasteiger partial charge in [0.15, 0.2) is 0 Å². The standard InChI is InChI=1S/C14H19ClFNO/c1-18-11-10-17-9-4-2-3-6-12-7-5-8-13(16)14(12)15/h2-3,5,7-8,17H,4,6,9-11H2,1H3/b3-2+. The van der Waals surface area contributed by atoms with E-state index < -0.39 is 0 Å². The van der Waals surface area contributed by atoms with Gasteiger partial charge in [-0.25, -0.2) is 4.39 Å². The molecule has 0 spiro atoms. The summed E-state index contributed by atoms with van der Waals surface area (Å²) in [5, 5.41) is 3.47. The summed E-state index contributed by atoms with van der Waals surface area (Å²) in [6.45, 7) is 2.50. The molecule has 0 aliphatic rings. The summed E-state index contributed by atoms with van der Waals surface area (Å²) in [6, 6.07) is 4.89. The smallest absolute Gasteiger partial charge is 0.142 e. The SMILES string of the molecule is COCCNCC/C=C/Cc1cccc(F)c1Cl. The molecule has 1 aromatic rings. The second kappa shape index (κ2) is 9.09. The van der Waals surface area contributed by atoms with Crippen LogP contribution in [0.4, 0.5) is 4.39 Å². The van der Waals surface area contributed by atoms with E-state index >= 15 is 0 Å². The molecule has 18 heavy (non-hydrogen) atoms. The number of hydrogen-bond acceptors (Lipinski definition) is 2. The molecule has 0 bridgehead atoms. The van der Waals surface area contributed by atoms with Crippen LogP contribution in [-0.2, 0) is 11.2 Å². The van der Waals surface area contributed by atoms with Gasteiger partial charge >= 0.3 is 0 Å². The van der Waals surface area contributed by atoms with E-state index in [9.17, 15) is 4.39 Å². The molecule has 0 saturated heterocycles. The van der Waals surface area contributed by atoms with Crippen molar-refractivity contribution in [3.05, 3.63) is 46.8 Å². The second-order valence-corrected chi connectivity index (χ2v) is 4.30. The number of rotatable bonds is 8. The van der Waals surface area contributed by atoms with E-state index in [1.165, 1.54) is 6.07 Å².